The van der Waals surface area contributed by atoms with E-state index in [0.29, 0.717) is 12.1 Å². The van der Waals surface area contributed by atoms with Gasteiger partial charge in [-0.1, -0.05) is 0 Å². The third kappa shape index (κ3) is 4.91. The molecule has 0 aromatic carbocycles. The van der Waals surface area contributed by atoms with Crippen molar-refractivity contribution in [3.05, 3.63) is 42.6 Å². The number of nitrogens with one attached hydrogen (secondary N) is 2. The molecular formula is C15H21N5O. The van der Waals surface area contributed by atoms with Crippen LogP contribution in [0.2, 0.25) is 0 Å². The van der Waals surface area contributed by atoms with E-state index in [0.717, 1.165) is 31.7 Å². The van der Waals surface area contributed by atoms with Crippen molar-refractivity contribution in [3.8, 4) is 0 Å². The van der Waals surface area contributed by atoms with Crippen LogP contribution >= 0.6 is 0 Å². The standard InChI is InChI=1S/C15H21N5O/c1-2-17-14-6-5-13(11-19-14)15(21)18-7-3-4-9-20-10-8-16-12-20/h5-6,8,10-12H,2-4,7,9H2,1H3,(H,17,19)(H,18,21). The van der Waals surface area contributed by atoms with Crippen LogP contribution in [-0.4, -0.2) is 33.5 Å². The van der Waals surface area contributed by atoms with Gasteiger partial charge in [0.25, 0.3) is 5.91 Å². The molecule has 21 heavy (non-hydrogen) atoms. The average molecular weight is 287 g/mol. The molecule has 2 N–H and O–H groups in total. The zero-order valence-corrected chi connectivity index (χ0v) is 12.2. The lowest BCUT2D eigenvalue weighted by molar-refractivity contribution is 0.0952. The average Bonchev–Trinajstić information content (AvgIpc) is 3.01. The minimum atomic E-state index is -0.0758. The number of imidazole rings is 1. The van der Waals surface area contributed by atoms with Crippen LogP contribution in [0.15, 0.2) is 37.1 Å². The molecule has 2 rings (SSSR count). The first-order valence-electron chi connectivity index (χ1n) is 7.23. The number of rotatable bonds is 8. The second-order valence-electron chi connectivity index (χ2n) is 4.73. The summed E-state index contributed by atoms with van der Waals surface area (Å²) in [6.07, 6.45) is 9.05. The lowest BCUT2D eigenvalue weighted by Crippen LogP contribution is -2.24. The normalized spacial score (nSPS) is 10.3. The Bertz CT molecular complexity index is 536. The number of hydrogen-bond donors (Lipinski definition) is 2. The Labute approximate surface area is 124 Å². The molecule has 0 aliphatic heterocycles. The van der Waals surface area contributed by atoms with Gasteiger partial charge in [0.15, 0.2) is 0 Å². The summed E-state index contributed by atoms with van der Waals surface area (Å²) in [7, 11) is 0. The quantitative estimate of drug-likeness (QED) is 0.728. The van der Waals surface area contributed by atoms with E-state index in [1.165, 1.54) is 0 Å². The highest BCUT2D eigenvalue weighted by atomic mass is 16.1. The number of carbonyl (C=O) groups excluding carboxylic acids is 1. The Hall–Kier alpha value is -2.37. The van der Waals surface area contributed by atoms with Gasteiger partial charge in [-0.25, -0.2) is 9.97 Å². The Morgan fingerprint density at radius 2 is 2.24 bits per heavy atom. The van der Waals surface area contributed by atoms with Crippen LogP contribution in [0.5, 0.6) is 0 Å². The molecule has 0 atom stereocenters. The molecule has 0 aliphatic rings. The van der Waals surface area contributed by atoms with Crippen LogP contribution in [0.1, 0.15) is 30.1 Å². The molecule has 1 amide bonds. The number of aromatic nitrogens is 3. The molecule has 0 radical (unpaired) electrons. The molecule has 0 spiro atoms. The highest BCUT2D eigenvalue weighted by molar-refractivity contribution is 5.93. The van der Waals surface area contributed by atoms with Crippen LogP contribution < -0.4 is 10.6 Å². The van der Waals surface area contributed by atoms with Crippen LogP contribution in [0.25, 0.3) is 0 Å². The van der Waals surface area contributed by atoms with Gasteiger partial charge in [0.2, 0.25) is 0 Å². The largest absolute Gasteiger partial charge is 0.370 e. The summed E-state index contributed by atoms with van der Waals surface area (Å²) in [5, 5.41) is 6.00. The summed E-state index contributed by atoms with van der Waals surface area (Å²) in [6, 6.07) is 3.60. The first-order chi connectivity index (χ1) is 10.3. The molecule has 0 saturated carbocycles. The van der Waals surface area contributed by atoms with Crippen LogP contribution in [0.3, 0.4) is 0 Å². The van der Waals surface area contributed by atoms with Gasteiger partial charge < -0.3 is 15.2 Å². The molecule has 112 valence electrons. The predicted molar refractivity (Wildman–Crippen MR) is 82.2 cm³/mol. The molecule has 2 aromatic heterocycles. The molecule has 2 heterocycles. The van der Waals surface area contributed by atoms with Crippen LogP contribution in [0, 0.1) is 0 Å². The Morgan fingerprint density at radius 1 is 1.33 bits per heavy atom. The number of amides is 1. The van der Waals surface area contributed by atoms with Gasteiger partial charge in [0, 0.05) is 38.2 Å². The van der Waals surface area contributed by atoms with E-state index in [1.54, 1.807) is 24.8 Å². The topological polar surface area (TPSA) is 71.8 Å². The van der Waals surface area contributed by atoms with Crippen molar-refractivity contribution in [1.82, 2.24) is 19.9 Å². The zero-order chi connectivity index (χ0) is 14.9. The summed E-state index contributed by atoms with van der Waals surface area (Å²) in [6.45, 7) is 4.42. The number of pyridine rings is 1. The molecule has 6 nitrogen and oxygen atoms in total. The van der Waals surface area contributed by atoms with Gasteiger partial charge in [0.1, 0.15) is 5.82 Å². The Morgan fingerprint density at radius 3 is 2.90 bits per heavy atom. The van der Waals surface area contributed by atoms with Crippen molar-refractivity contribution in [3.63, 3.8) is 0 Å². The molecule has 0 saturated heterocycles. The van der Waals surface area contributed by atoms with Crippen molar-refractivity contribution >= 4 is 11.7 Å². The van der Waals surface area contributed by atoms with Crippen molar-refractivity contribution in [2.75, 3.05) is 18.4 Å². The van der Waals surface area contributed by atoms with Crippen molar-refractivity contribution in [2.24, 2.45) is 0 Å². The van der Waals surface area contributed by atoms with Gasteiger partial charge in [0.05, 0.1) is 11.9 Å². The van der Waals surface area contributed by atoms with Gasteiger partial charge >= 0.3 is 0 Å². The molecule has 0 bridgehead atoms. The highest BCUT2D eigenvalue weighted by Crippen LogP contribution is 2.04. The van der Waals surface area contributed by atoms with Gasteiger partial charge in [-0.05, 0) is 31.9 Å². The smallest absolute Gasteiger partial charge is 0.252 e. The van der Waals surface area contributed by atoms with E-state index in [4.69, 9.17) is 0 Å². The van der Waals surface area contributed by atoms with E-state index in [9.17, 15) is 4.79 Å². The SMILES string of the molecule is CCNc1ccc(C(=O)NCCCCn2ccnc2)cn1. The summed E-state index contributed by atoms with van der Waals surface area (Å²) >= 11 is 0. The van der Waals surface area contributed by atoms with E-state index in [-0.39, 0.29) is 5.91 Å². The Kier molecular flexibility index (Phi) is 5.75. The van der Waals surface area contributed by atoms with Crippen molar-refractivity contribution < 1.29 is 4.79 Å². The highest BCUT2D eigenvalue weighted by Gasteiger charge is 2.05. The maximum atomic E-state index is 11.9. The van der Waals surface area contributed by atoms with Gasteiger partial charge in [-0.3, -0.25) is 4.79 Å². The predicted octanol–water partition coefficient (Wildman–Crippen LogP) is 1.92. The lowest BCUT2D eigenvalue weighted by Gasteiger charge is -2.06. The van der Waals surface area contributed by atoms with Crippen molar-refractivity contribution in [2.45, 2.75) is 26.3 Å². The molecule has 0 unspecified atom stereocenters. The number of hydrogen-bond acceptors (Lipinski definition) is 4. The van der Waals surface area contributed by atoms with E-state index < -0.39 is 0 Å². The fraction of sp³-hybridized carbons (Fsp3) is 0.400. The number of carbonyl (C=O) groups is 1. The van der Waals surface area contributed by atoms with E-state index >= 15 is 0 Å². The monoisotopic (exact) mass is 287 g/mol. The maximum Gasteiger partial charge on any atom is 0.252 e. The summed E-state index contributed by atoms with van der Waals surface area (Å²) in [5.74, 6) is 0.711. The lowest BCUT2D eigenvalue weighted by atomic mass is 10.2. The molecule has 2 aromatic rings. The number of unbranched alkanes of at least 4 members (excludes halogenated alkanes) is 1. The summed E-state index contributed by atoms with van der Waals surface area (Å²) in [5.41, 5.74) is 0.589. The summed E-state index contributed by atoms with van der Waals surface area (Å²) in [4.78, 5) is 20.1. The Balaban J connectivity index is 1.66. The molecular weight excluding hydrogens is 266 g/mol. The molecule has 0 fully saturated rings. The second kappa shape index (κ2) is 8.04. The zero-order valence-electron chi connectivity index (χ0n) is 12.2. The number of nitrogens with zero attached hydrogens (tertiary/aromatic N) is 3. The molecule has 0 aliphatic carbocycles. The van der Waals surface area contributed by atoms with Crippen molar-refractivity contribution in [1.29, 1.82) is 0 Å². The minimum Gasteiger partial charge on any atom is -0.370 e. The number of anilines is 1. The summed E-state index contributed by atoms with van der Waals surface area (Å²) < 4.78 is 2.03. The third-order valence-corrected chi connectivity index (χ3v) is 3.07. The second-order valence-corrected chi connectivity index (χ2v) is 4.73. The van der Waals surface area contributed by atoms with E-state index in [1.807, 2.05) is 23.8 Å². The van der Waals surface area contributed by atoms with E-state index in [2.05, 4.69) is 20.6 Å². The van der Waals surface area contributed by atoms with Crippen LogP contribution in [-0.2, 0) is 6.54 Å². The number of aryl methyl sites for hydroxylation is 1. The molecule has 6 heteroatoms. The minimum absolute atomic E-state index is 0.0758. The first-order valence-corrected chi connectivity index (χ1v) is 7.23. The van der Waals surface area contributed by atoms with Crippen LogP contribution in [0.4, 0.5) is 5.82 Å². The van der Waals surface area contributed by atoms with Gasteiger partial charge in [-0.15, -0.1) is 0 Å². The maximum absolute atomic E-state index is 11.9. The fourth-order valence-corrected chi connectivity index (χ4v) is 1.96. The fourth-order valence-electron chi connectivity index (χ4n) is 1.96. The van der Waals surface area contributed by atoms with Gasteiger partial charge in [-0.2, -0.15) is 0 Å². The third-order valence-electron chi connectivity index (χ3n) is 3.07. The first kappa shape index (κ1) is 15.0.